The molecular weight excluding hydrogens is 202 g/mol. The highest BCUT2D eigenvalue weighted by molar-refractivity contribution is 5.60. The Morgan fingerprint density at radius 2 is 2.25 bits per heavy atom. The number of pyridine rings is 1. The predicted octanol–water partition coefficient (Wildman–Crippen LogP) is 2.35. The van der Waals surface area contributed by atoms with Crippen molar-refractivity contribution < 1.29 is 5.11 Å². The number of hydrogen-bond donors (Lipinski definition) is 2. The number of nitrogens with two attached hydrogens (primary N) is 1. The molecule has 0 spiro atoms. The van der Waals surface area contributed by atoms with Crippen LogP contribution in [0.25, 0.3) is 5.65 Å². The molecular formula is C12H17N3O. The van der Waals surface area contributed by atoms with Gasteiger partial charge in [-0.25, -0.2) is 4.98 Å². The summed E-state index contributed by atoms with van der Waals surface area (Å²) in [5.41, 5.74) is 7.41. The lowest BCUT2D eigenvalue weighted by molar-refractivity contribution is 0.477. The second-order valence-electron chi connectivity index (χ2n) is 3.99. The third-order valence-corrected chi connectivity index (χ3v) is 2.76. The van der Waals surface area contributed by atoms with Gasteiger partial charge in [0, 0.05) is 6.20 Å². The summed E-state index contributed by atoms with van der Waals surface area (Å²) in [6.07, 6.45) is 6.14. The molecule has 4 nitrogen and oxygen atoms in total. The zero-order chi connectivity index (χ0) is 11.5. The molecule has 0 amide bonds. The van der Waals surface area contributed by atoms with Gasteiger partial charge in [0.05, 0.1) is 5.69 Å². The Labute approximate surface area is 94.7 Å². The van der Waals surface area contributed by atoms with Crippen molar-refractivity contribution in [3.8, 4) is 5.75 Å². The Balaban J connectivity index is 2.33. The number of nitrogens with zero attached hydrogens (tertiary/aromatic N) is 2. The molecule has 0 aliphatic carbocycles. The van der Waals surface area contributed by atoms with Crippen LogP contribution in [0.3, 0.4) is 0 Å². The molecule has 0 aliphatic rings. The minimum Gasteiger partial charge on any atom is -0.504 e. The Morgan fingerprint density at radius 1 is 1.44 bits per heavy atom. The lowest BCUT2D eigenvalue weighted by Gasteiger charge is -1.98. The molecule has 4 heteroatoms. The van der Waals surface area contributed by atoms with Crippen LogP contribution in [0.2, 0.25) is 0 Å². The Morgan fingerprint density at radius 3 is 2.94 bits per heavy atom. The van der Waals surface area contributed by atoms with Crippen LogP contribution in [0, 0.1) is 0 Å². The second kappa shape index (κ2) is 4.43. The average Bonchev–Trinajstić information content (AvgIpc) is 2.59. The van der Waals surface area contributed by atoms with Gasteiger partial charge in [0.2, 0.25) is 0 Å². The molecule has 2 heterocycles. The average molecular weight is 219 g/mol. The summed E-state index contributed by atoms with van der Waals surface area (Å²) in [5.74, 6) is 0.818. The van der Waals surface area contributed by atoms with Crippen LogP contribution < -0.4 is 5.73 Å². The molecule has 0 bridgehead atoms. The third-order valence-electron chi connectivity index (χ3n) is 2.76. The smallest absolute Gasteiger partial charge is 0.181 e. The van der Waals surface area contributed by atoms with E-state index in [-0.39, 0.29) is 5.75 Å². The van der Waals surface area contributed by atoms with Crippen LogP contribution in [0.1, 0.15) is 31.9 Å². The van der Waals surface area contributed by atoms with Crippen LogP contribution in [-0.2, 0) is 6.42 Å². The normalized spacial score (nSPS) is 11.1. The highest BCUT2D eigenvalue weighted by Gasteiger charge is 2.10. The lowest BCUT2D eigenvalue weighted by atomic mass is 10.1. The largest absolute Gasteiger partial charge is 0.504 e. The Hall–Kier alpha value is -1.71. The molecule has 0 aromatic carbocycles. The van der Waals surface area contributed by atoms with Crippen LogP contribution in [0.15, 0.2) is 18.3 Å². The third kappa shape index (κ3) is 1.83. The van der Waals surface area contributed by atoms with E-state index in [0.717, 1.165) is 18.5 Å². The number of aromatic nitrogens is 2. The molecule has 0 unspecified atom stereocenters. The molecule has 16 heavy (non-hydrogen) atoms. The van der Waals surface area contributed by atoms with E-state index in [9.17, 15) is 5.11 Å². The number of unbranched alkanes of at least 4 members (excludes halogenated alkanes) is 2. The van der Waals surface area contributed by atoms with Gasteiger partial charge in [-0.1, -0.05) is 19.8 Å². The SMILES string of the molecule is CCCCCc1nc2c(O)cccn2c1N. The first kappa shape index (κ1) is 10.8. The van der Waals surface area contributed by atoms with Crippen LogP contribution >= 0.6 is 0 Å². The maximum atomic E-state index is 9.64. The number of fused-ring (bicyclic) bond motifs is 1. The predicted molar refractivity (Wildman–Crippen MR) is 64.5 cm³/mol. The van der Waals surface area contributed by atoms with Crippen molar-refractivity contribution in [3.05, 3.63) is 24.0 Å². The quantitative estimate of drug-likeness (QED) is 0.776. The van der Waals surface area contributed by atoms with Crippen molar-refractivity contribution in [2.75, 3.05) is 5.73 Å². The van der Waals surface area contributed by atoms with Crippen molar-refractivity contribution in [2.24, 2.45) is 0 Å². The minimum absolute atomic E-state index is 0.177. The summed E-state index contributed by atoms with van der Waals surface area (Å²) in [6, 6.07) is 3.38. The summed E-state index contributed by atoms with van der Waals surface area (Å²) in [7, 11) is 0. The van der Waals surface area contributed by atoms with Crippen molar-refractivity contribution in [1.82, 2.24) is 9.38 Å². The summed E-state index contributed by atoms with van der Waals surface area (Å²) < 4.78 is 1.73. The minimum atomic E-state index is 0.177. The number of rotatable bonds is 4. The molecule has 0 atom stereocenters. The van der Waals surface area contributed by atoms with E-state index in [2.05, 4.69) is 11.9 Å². The Kier molecular flexibility index (Phi) is 2.99. The molecule has 0 radical (unpaired) electrons. The summed E-state index contributed by atoms with van der Waals surface area (Å²) in [6.45, 7) is 2.17. The van der Waals surface area contributed by atoms with Crippen LogP contribution in [0.5, 0.6) is 5.75 Å². The van der Waals surface area contributed by atoms with E-state index in [1.165, 1.54) is 12.8 Å². The maximum Gasteiger partial charge on any atom is 0.181 e. The van der Waals surface area contributed by atoms with Gasteiger partial charge < -0.3 is 10.8 Å². The fourth-order valence-electron chi connectivity index (χ4n) is 1.84. The first-order valence-corrected chi connectivity index (χ1v) is 5.68. The number of anilines is 1. The highest BCUT2D eigenvalue weighted by Crippen LogP contribution is 2.23. The maximum absolute atomic E-state index is 9.64. The van der Waals surface area contributed by atoms with Gasteiger partial charge in [-0.15, -0.1) is 0 Å². The van der Waals surface area contributed by atoms with Crippen molar-refractivity contribution in [3.63, 3.8) is 0 Å². The molecule has 2 rings (SSSR count). The number of aromatic hydroxyl groups is 1. The van der Waals surface area contributed by atoms with E-state index < -0.39 is 0 Å². The molecule has 86 valence electrons. The molecule has 3 N–H and O–H groups in total. The molecule has 0 fully saturated rings. The van der Waals surface area contributed by atoms with Crippen molar-refractivity contribution >= 4 is 11.5 Å². The van der Waals surface area contributed by atoms with Gasteiger partial charge in [-0.05, 0) is 25.0 Å². The van der Waals surface area contributed by atoms with Gasteiger partial charge >= 0.3 is 0 Å². The highest BCUT2D eigenvalue weighted by atomic mass is 16.3. The zero-order valence-corrected chi connectivity index (χ0v) is 9.48. The molecule has 0 aliphatic heterocycles. The van der Waals surface area contributed by atoms with E-state index in [1.54, 1.807) is 16.5 Å². The van der Waals surface area contributed by atoms with E-state index >= 15 is 0 Å². The monoisotopic (exact) mass is 219 g/mol. The molecule has 0 saturated heterocycles. The summed E-state index contributed by atoms with van der Waals surface area (Å²) >= 11 is 0. The van der Waals surface area contributed by atoms with Gasteiger partial charge in [-0.3, -0.25) is 4.40 Å². The molecule has 2 aromatic heterocycles. The van der Waals surface area contributed by atoms with Gasteiger partial charge in [0.25, 0.3) is 0 Å². The lowest BCUT2D eigenvalue weighted by Crippen LogP contribution is -1.96. The second-order valence-corrected chi connectivity index (χ2v) is 3.99. The number of hydrogen-bond acceptors (Lipinski definition) is 3. The molecule has 0 saturated carbocycles. The number of aryl methyl sites for hydroxylation is 1. The molecule has 2 aromatic rings. The Bertz CT molecular complexity index is 490. The van der Waals surface area contributed by atoms with Crippen molar-refractivity contribution in [2.45, 2.75) is 32.6 Å². The van der Waals surface area contributed by atoms with Gasteiger partial charge in [0.1, 0.15) is 5.82 Å². The number of imidazole rings is 1. The standard InChI is InChI=1S/C12H17N3O/c1-2-3-4-6-9-11(13)15-8-5-7-10(16)12(15)14-9/h5,7-8,16H,2-4,6,13H2,1H3. The number of nitrogen functional groups attached to an aromatic ring is 1. The van der Waals surface area contributed by atoms with Gasteiger partial charge in [0.15, 0.2) is 11.4 Å². The fraction of sp³-hybridized carbons (Fsp3) is 0.417. The van der Waals surface area contributed by atoms with Gasteiger partial charge in [-0.2, -0.15) is 0 Å². The van der Waals surface area contributed by atoms with Crippen LogP contribution in [-0.4, -0.2) is 14.5 Å². The summed E-state index contributed by atoms with van der Waals surface area (Å²) in [5, 5.41) is 9.64. The van der Waals surface area contributed by atoms with E-state index in [4.69, 9.17) is 5.73 Å². The van der Waals surface area contributed by atoms with E-state index in [1.807, 2.05) is 6.20 Å². The zero-order valence-electron chi connectivity index (χ0n) is 9.48. The van der Waals surface area contributed by atoms with Crippen molar-refractivity contribution in [1.29, 1.82) is 0 Å². The topological polar surface area (TPSA) is 63.5 Å². The summed E-state index contributed by atoms with van der Waals surface area (Å²) in [4.78, 5) is 4.37. The fourth-order valence-corrected chi connectivity index (χ4v) is 1.84. The van der Waals surface area contributed by atoms with E-state index in [0.29, 0.717) is 11.5 Å². The first-order valence-electron chi connectivity index (χ1n) is 5.68. The first-order chi connectivity index (χ1) is 7.74. The van der Waals surface area contributed by atoms with Crippen LogP contribution in [0.4, 0.5) is 5.82 Å².